The lowest BCUT2D eigenvalue weighted by molar-refractivity contribution is 0.600. The average Bonchev–Trinajstić information content (AvgIpc) is 2.32. The second-order valence-electron chi connectivity index (χ2n) is 24.9. The van der Waals surface area contributed by atoms with Crippen LogP contribution < -0.4 is 4.90 Å². The largest absolute Gasteiger partial charge is 0.455 e. The minimum Gasteiger partial charge on any atom is -0.455 e. The van der Waals surface area contributed by atoms with Gasteiger partial charge in [0.2, 0.25) is 0 Å². The molecule has 3 aromatic heterocycles. The van der Waals surface area contributed by atoms with Crippen LogP contribution in [0.1, 0.15) is 86.1 Å². The molecule has 0 saturated heterocycles. The molecule has 0 unspecified atom stereocenters. The van der Waals surface area contributed by atoms with Gasteiger partial charge in [-0.1, -0.05) is 181 Å². The number of furan rings is 1. The van der Waals surface area contributed by atoms with Gasteiger partial charge in [0.05, 0.1) is 22.2 Å². The number of aromatic amines is 1. The molecule has 0 saturated carbocycles. The lowest BCUT2D eigenvalue weighted by Crippen LogP contribution is -2.24. The summed E-state index contributed by atoms with van der Waals surface area (Å²) in [5.74, 6) is 0. The Hall–Kier alpha value is -9.38. The molecule has 0 spiro atoms. The van der Waals surface area contributed by atoms with Crippen molar-refractivity contribution in [2.75, 3.05) is 4.90 Å². The molecule has 17 rings (SSSR count). The van der Waals surface area contributed by atoms with Gasteiger partial charge in [-0.2, -0.15) is 0 Å². The Morgan fingerprint density at radius 1 is 0.420 bits per heavy atom. The van der Waals surface area contributed by atoms with Crippen molar-refractivity contribution < 1.29 is 4.42 Å². The number of aromatic nitrogens is 2. The molecule has 3 heterocycles. The lowest BCUT2D eigenvalue weighted by atomic mass is 9.72. The number of rotatable bonds is 5. The zero-order valence-electron chi connectivity index (χ0n) is 46.9. The van der Waals surface area contributed by atoms with Crippen LogP contribution in [-0.4, -0.2) is 9.55 Å². The van der Waals surface area contributed by atoms with Crippen molar-refractivity contribution in [1.29, 1.82) is 0 Å². The maximum Gasteiger partial charge on any atom is 0.144 e. The first-order valence-electron chi connectivity index (χ1n) is 28.8. The summed E-state index contributed by atoms with van der Waals surface area (Å²) in [4.78, 5) is 6.55. The molecular formula is C77H59N3O. The minimum atomic E-state index is -0.345. The highest BCUT2D eigenvalue weighted by Crippen LogP contribution is 2.64. The van der Waals surface area contributed by atoms with Gasteiger partial charge in [0, 0.05) is 82.3 Å². The first-order chi connectivity index (χ1) is 39.3. The predicted molar refractivity (Wildman–Crippen MR) is 340 cm³/mol. The molecular weight excluding hydrogens is 983 g/mol. The Bertz CT molecular complexity index is 5090. The van der Waals surface area contributed by atoms with Gasteiger partial charge >= 0.3 is 0 Å². The molecule has 14 aromatic rings. The highest BCUT2D eigenvalue weighted by Gasteiger charge is 2.49. The Labute approximate surface area is 471 Å². The standard InChI is InChI=1S/C77H59N3O/c1-43-21-20-22-44(2)73(43)79(48-35-38-53-59(41-48)77(7,8)70-66(53)68-55-28-15-19-32-64(55)81-74(68)69-51-26-12-16-29-57(51)76(5,6)71(69)70)47-34-37-52-58(40-47)75(3,4)60-42-56(72-67(65(52)60)54-27-13-17-30-61(54)78-72)45-33-36-50-49-25-14-18-31-62(49)80(63(50)39-45)46-23-10-9-11-24-46/h9-42,78H,1-8H3. The highest BCUT2D eigenvalue weighted by atomic mass is 16.3. The molecule has 3 aliphatic carbocycles. The Morgan fingerprint density at radius 3 is 1.80 bits per heavy atom. The summed E-state index contributed by atoms with van der Waals surface area (Å²) in [6.45, 7) is 19.2. The van der Waals surface area contributed by atoms with Crippen molar-refractivity contribution in [3.63, 3.8) is 0 Å². The summed E-state index contributed by atoms with van der Waals surface area (Å²) in [5, 5.41) is 7.43. The molecule has 81 heavy (non-hydrogen) atoms. The first-order valence-corrected chi connectivity index (χ1v) is 28.8. The van der Waals surface area contributed by atoms with E-state index in [2.05, 4.69) is 276 Å². The van der Waals surface area contributed by atoms with E-state index in [0.717, 1.165) is 33.7 Å². The number of H-pyrrole nitrogens is 1. The summed E-state index contributed by atoms with van der Waals surface area (Å²) < 4.78 is 9.47. The van der Waals surface area contributed by atoms with Crippen LogP contribution in [0.25, 0.3) is 116 Å². The van der Waals surface area contributed by atoms with Gasteiger partial charge < -0.3 is 18.9 Å². The van der Waals surface area contributed by atoms with Crippen LogP contribution in [0.5, 0.6) is 0 Å². The van der Waals surface area contributed by atoms with Crippen LogP contribution in [0.2, 0.25) is 0 Å². The fraction of sp³-hybridized carbons (Fsp3) is 0.143. The summed E-state index contributed by atoms with van der Waals surface area (Å²) in [6, 6.07) is 77.2. The van der Waals surface area contributed by atoms with Crippen LogP contribution in [0.4, 0.5) is 17.1 Å². The van der Waals surface area contributed by atoms with E-state index in [-0.39, 0.29) is 16.2 Å². The van der Waals surface area contributed by atoms with E-state index in [1.54, 1.807) is 0 Å². The third-order valence-corrected chi connectivity index (χ3v) is 19.5. The number of aryl methyl sites for hydroxylation is 2. The number of fused-ring (bicyclic) bond motifs is 22. The quantitative estimate of drug-likeness (QED) is 0.186. The van der Waals surface area contributed by atoms with Gasteiger partial charge in [-0.25, -0.2) is 0 Å². The third-order valence-electron chi connectivity index (χ3n) is 19.5. The maximum absolute atomic E-state index is 7.04. The van der Waals surface area contributed by atoms with E-state index in [1.165, 1.54) is 144 Å². The molecule has 11 aromatic carbocycles. The second-order valence-corrected chi connectivity index (χ2v) is 24.9. The van der Waals surface area contributed by atoms with Gasteiger partial charge in [0.1, 0.15) is 11.2 Å². The summed E-state index contributed by atoms with van der Waals surface area (Å²) in [6.07, 6.45) is 0. The first kappa shape index (κ1) is 46.5. The number of para-hydroxylation sites is 5. The van der Waals surface area contributed by atoms with E-state index in [4.69, 9.17) is 4.42 Å². The van der Waals surface area contributed by atoms with Crippen molar-refractivity contribution in [1.82, 2.24) is 9.55 Å². The number of hydrogen-bond acceptors (Lipinski definition) is 2. The van der Waals surface area contributed by atoms with E-state index in [0.29, 0.717) is 0 Å². The van der Waals surface area contributed by atoms with E-state index < -0.39 is 0 Å². The number of nitrogens with one attached hydrogen (secondary N) is 1. The molecule has 0 aliphatic heterocycles. The van der Waals surface area contributed by atoms with Gasteiger partial charge in [-0.15, -0.1) is 0 Å². The fourth-order valence-corrected chi connectivity index (χ4v) is 15.8. The van der Waals surface area contributed by atoms with Crippen LogP contribution in [-0.2, 0) is 16.2 Å². The SMILES string of the molecule is Cc1cccc(C)c1N(c1ccc2c(c1)C(C)(C)c1cc(-c3ccc4c5ccccc5n(-c5ccccc5)c4c3)c3[nH]c4ccccc4c3c1-2)c1ccc2c(c1)C(C)(C)c1c3c(c4oc5ccccc5c4c1-2)-c1ccccc1C3(C)C. The molecule has 4 nitrogen and oxygen atoms in total. The Kier molecular flexibility index (Phi) is 9.15. The van der Waals surface area contributed by atoms with E-state index in [9.17, 15) is 0 Å². The topological polar surface area (TPSA) is 37.1 Å². The van der Waals surface area contributed by atoms with Crippen LogP contribution >= 0.6 is 0 Å². The van der Waals surface area contributed by atoms with Gasteiger partial charge in [-0.05, 0) is 158 Å². The number of nitrogens with zero attached hydrogens (tertiary/aromatic N) is 2. The van der Waals surface area contributed by atoms with Gasteiger partial charge in [0.15, 0.2) is 0 Å². The molecule has 0 bridgehead atoms. The molecule has 0 radical (unpaired) electrons. The number of anilines is 3. The average molecular weight is 1040 g/mol. The number of hydrogen-bond donors (Lipinski definition) is 1. The third kappa shape index (κ3) is 5.99. The van der Waals surface area contributed by atoms with Crippen LogP contribution in [0, 0.1) is 13.8 Å². The molecule has 4 heteroatoms. The molecule has 0 fully saturated rings. The fourth-order valence-electron chi connectivity index (χ4n) is 15.8. The van der Waals surface area contributed by atoms with E-state index >= 15 is 0 Å². The minimum absolute atomic E-state index is 0.235. The summed E-state index contributed by atoms with van der Waals surface area (Å²) >= 11 is 0. The van der Waals surface area contributed by atoms with Crippen molar-refractivity contribution in [2.24, 2.45) is 0 Å². The maximum atomic E-state index is 7.04. The van der Waals surface area contributed by atoms with Crippen molar-refractivity contribution in [3.05, 3.63) is 251 Å². The molecule has 3 aliphatic rings. The van der Waals surface area contributed by atoms with Crippen molar-refractivity contribution in [3.8, 4) is 50.2 Å². The summed E-state index contributed by atoms with van der Waals surface area (Å²) in [5.41, 5.74) is 31.2. The monoisotopic (exact) mass is 1040 g/mol. The zero-order valence-corrected chi connectivity index (χ0v) is 46.9. The van der Waals surface area contributed by atoms with Crippen molar-refractivity contribution in [2.45, 2.75) is 71.6 Å². The zero-order chi connectivity index (χ0) is 54.6. The Balaban J connectivity index is 0.866. The van der Waals surface area contributed by atoms with Gasteiger partial charge in [0.25, 0.3) is 0 Å². The predicted octanol–water partition coefficient (Wildman–Crippen LogP) is 21.0. The van der Waals surface area contributed by atoms with Gasteiger partial charge in [-0.3, -0.25) is 0 Å². The smallest absolute Gasteiger partial charge is 0.144 e. The molecule has 388 valence electrons. The van der Waals surface area contributed by atoms with Crippen LogP contribution in [0.15, 0.2) is 211 Å². The molecule has 0 atom stereocenters. The molecule has 0 amide bonds. The lowest BCUT2D eigenvalue weighted by Gasteiger charge is -2.32. The highest BCUT2D eigenvalue weighted by molar-refractivity contribution is 6.23. The van der Waals surface area contributed by atoms with Crippen molar-refractivity contribution >= 4 is 82.6 Å². The normalized spacial score (nSPS) is 15.0. The van der Waals surface area contributed by atoms with E-state index in [1.807, 2.05) is 0 Å². The Morgan fingerprint density at radius 2 is 1.02 bits per heavy atom. The number of benzene rings is 11. The second kappa shape index (κ2) is 15.9. The molecule has 1 N–H and O–H groups in total. The van der Waals surface area contributed by atoms with Crippen LogP contribution in [0.3, 0.4) is 0 Å². The summed E-state index contributed by atoms with van der Waals surface area (Å²) in [7, 11) is 0.